The number of rotatable bonds is 2. The zero-order chi connectivity index (χ0) is 11.6. The maximum absolute atomic E-state index is 12.8. The molecule has 0 saturated heterocycles. The fraction of sp³-hybridized carbons (Fsp3) is 0.250. The Morgan fingerprint density at radius 1 is 1.53 bits per heavy atom. The highest BCUT2D eigenvalue weighted by molar-refractivity contribution is 7.90. The maximum Gasteiger partial charge on any atom is 0.221 e. The summed E-state index contributed by atoms with van der Waals surface area (Å²) < 4.78 is 35.2. The molecule has 0 saturated carbocycles. The monoisotopic (exact) mass is 232 g/mol. The molecule has 5 nitrogen and oxygen atoms in total. The molecule has 1 heterocycles. The second kappa shape index (κ2) is 3.93. The summed E-state index contributed by atoms with van der Waals surface area (Å²) in [6, 6.07) is 0.908. The van der Waals surface area contributed by atoms with Crippen LogP contribution in [-0.2, 0) is 14.6 Å². The fourth-order valence-corrected chi connectivity index (χ4v) is 1.76. The van der Waals surface area contributed by atoms with Gasteiger partial charge in [-0.3, -0.25) is 4.79 Å². The van der Waals surface area contributed by atoms with Crippen molar-refractivity contribution in [2.75, 3.05) is 11.6 Å². The van der Waals surface area contributed by atoms with Crippen LogP contribution in [0.3, 0.4) is 0 Å². The Bertz CT molecular complexity index is 499. The minimum atomic E-state index is -3.59. The van der Waals surface area contributed by atoms with Crippen LogP contribution in [0.2, 0.25) is 0 Å². The molecule has 0 fully saturated rings. The molecule has 0 aliphatic heterocycles. The number of aromatic nitrogens is 1. The Balaban J connectivity index is 3.33. The van der Waals surface area contributed by atoms with E-state index >= 15 is 0 Å². The molecule has 1 amide bonds. The highest BCUT2D eigenvalue weighted by Crippen LogP contribution is 2.19. The number of nitrogens with zero attached hydrogens (tertiary/aromatic N) is 1. The number of pyridine rings is 1. The first-order valence-corrected chi connectivity index (χ1v) is 5.83. The zero-order valence-electron chi connectivity index (χ0n) is 8.11. The molecule has 15 heavy (non-hydrogen) atoms. The van der Waals surface area contributed by atoms with E-state index in [0.717, 1.165) is 18.5 Å². The number of carbonyl (C=O) groups is 1. The molecule has 1 aromatic heterocycles. The van der Waals surface area contributed by atoms with Crippen LogP contribution in [0.15, 0.2) is 17.3 Å². The lowest BCUT2D eigenvalue weighted by molar-refractivity contribution is -0.114. The number of sulfone groups is 1. The van der Waals surface area contributed by atoms with Gasteiger partial charge in [0, 0.05) is 19.2 Å². The van der Waals surface area contributed by atoms with Gasteiger partial charge in [-0.15, -0.1) is 0 Å². The summed E-state index contributed by atoms with van der Waals surface area (Å²) in [5.41, 5.74) is -0.148. The molecule has 0 radical (unpaired) electrons. The van der Waals surface area contributed by atoms with E-state index in [1.807, 2.05) is 0 Å². The van der Waals surface area contributed by atoms with Crippen LogP contribution in [0.25, 0.3) is 0 Å². The van der Waals surface area contributed by atoms with E-state index in [9.17, 15) is 17.6 Å². The Hall–Kier alpha value is -1.50. The lowest BCUT2D eigenvalue weighted by Crippen LogP contribution is -2.12. The van der Waals surface area contributed by atoms with Crippen LogP contribution < -0.4 is 5.32 Å². The highest BCUT2D eigenvalue weighted by Gasteiger charge is 2.16. The van der Waals surface area contributed by atoms with Crippen molar-refractivity contribution >= 4 is 21.4 Å². The van der Waals surface area contributed by atoms with Crippen LogP contribution >= 0.6 is 0 Å². The Labute approximate surface area is 86.2 Å². The minimum absolute atomic E-state index is 0.148. The number of halogens is 1. The van der Waals surface area contributed by atoms with Crippen LogP contribution in [0, 0.1) is 5.82 Å². The van der Waals surface area contributed by atoms with Gasteiger partial charge in [0.2, 0.25) is 5.91 Å². The molecule has 7 heteroatoms. The molecule has 1 N–H and O–H groups in total. The Morgan fingerprint density at radius 3 is 2.60 bits per heavy atom. The van der Waals surface area contributed by atoms with E-state index in [4.69, 9.17) is 0 Å². The topological polar surface area (TPSA) is 76.1 Å². The molecule has 0 aliphatic carbocycles. The summed E-state index contributed by atoms with van der Waals surface area (Å²) in [5, 5.41) is 1.85. The SMILES string of the molecule is CC(=O)Nc1cc(F)cnc1S(C)(=O)=O. The van der Waals surface area contributed by atoms with Crippen molar-refractivity contribution in [1.29, 1.82) is 0 Å². The summed E-state index contributed by atoms with van der Waals surface area (Å²) in [6.45, 7) is 1.19. The highest BCUT2D eigenvalue weighted by atomic mass is 32.2. The summed E-state index contributed by atoms with van der Waals surface area (Å²) in [5.74, 6) is -1.21. The normalized spacial score (nSPS) is 11.1. The van der Waals surface area contributed by atoms with Gasteiger partial charge < -0.3 is 5.32 Å². The number of carbonyl (C=O) groups excluding carboxylic acids is 1. The Morgan fingerprint density at radius 2 is 2.13 bits per heavy atom. The molecule has 0 unspecified atom stereocenters. The van der Waals surface area contributed by atoms with E-state index in [1.54, 1.807) is 0 Å². The molecule has 0 bridgehead atoms. The number of hydrogen-bond donors (Lipinski definition) is 1. The molecule has 0 aromatic carbocycles. The van der Waals surface area contributed by atoms with Crippen LogP contribution in [0.4, 0.5) is 10.1 Å². The lowest BCUT2D eigenvalue weighted by atomic mass is 10.4. The molecule has 0 spiro atoms. The molecule has 1 aromatic rings. The third kappa shape index (κ3) is 2.98. The van der Waals surface area contributed by atoms with Gasteiger partial charge in [-0.25, -0.2) is 17.8 Å². The number of anilines is 1. The molecule has 0 atom stereocenters. The van der Waals surface area contributed by atoms with Gasteiger partial charge in [-0.1, -0.05) is 0 Å². The standard InChI is InChI=1S/C8H9FN2O3S/c1-5(12)11-7-3-6(9)4-10-8(7)15(2,13)14/h3-4H,1-2H3,(H,11,12). The van der Waals surface area contributed by atoms with Crippen molar-refractivity contribution in [3.8, 4) is 0 Å². The fourth-order valence-electron chi connectivity index (χ4n) is 1.00. The summed E-state index contributed by atoms with van der Waals surface area (Å²) in [7, 11) is -3.59. The number of nitrogens with one attached hydrogen (secondary N) is 1. The predicted molar refractivity (Wildman–Crippen MR) is 51.6 cm³/mol. The van der Waals surface area contributed by atoms with E-state index in [0.29, 0.717) is 0 Å². The van der Waals surface area contributed by atoms with Gasteiger partial charge in [0.15, 0.2) is 14.9 Å². The van der Waals surface area contributed by atoms with E-state index < -0.39 is 21.6 Å². The Kier molecular flexibility index (Phi) is 3.04. The van der Waals surface area contributed by atoms with E-state index in [2.05, 4.69) is 10.3 Å². The van der Waals surface area contributed by atoms with Gasteiger partial charge in [-0.05, 0) is 0 Å². The first-order chi connectivity index (χ1) is 6.80. The van der Waals surface area contributed by atoms with Crippen molar-refractivity contribution in [1.82, 2.24) is 4.98 Å². The van der Waals surface area contributed by atoms with Gasteiger partial charge >= 0.3 is 0 Å². The predicted octanol–water partition coefficient (Wildman–Crippen LogP) is 0.583. The second-order valence-corrected chi connectivity index (χ2v) is 4.89. The molecular formula is C8H9FN2O3S. The first kappa shape index (κ1) is 11.6. The summed E-state index contributed by atoms with van der Waals surface area (Å²) in [4.78, 5) is 14.2. The van der Waals surface area contributed by atoms with Crippen LogP contribution in [0.1, 0.15) is 6.92 Å². The van der Waals surface area contributed by atoms with Crippen molar-refractivity contribution in [2.24, 2.45) is 0 Å². The van der Waals surface area contributed by atoms with E-state index in [-0.39, 0.29) is 10.7 Å². The van der Waals surface area contributed by atoms with Crippen LogP contribution in [0.5, 0.6) is 0 Å². The maximum atomic E-state index is 12.8. The smallest absolute Gasteiger partial charge is 0.221 e. The average molecular weight is 232 g/mol. The van der Waals surface area contributed by atoms with Gasteiger partial charge in [0.1, 0.15) is 5.82 Å². The minimum Gasteiger partial charge on any atom is -0.324 e. The van der Waals surface area contributed by atoms with Crippen molar-refractivity contribution in [2.45, 2.75) is 11.9 Å². The van der Waals surface area contributed by atoms with Gasteiger partial charge in [-0.2, -0.15) is 0 Å². The van der Waals surface area contributed by atoms with E-state index in [1.165, 1.54) is 6.92 Å². The second-order valence-electron chi connectivity index (χ2n) is 2.96. The van der Waals surface area contributed by atoms with Crippen molar-refractivity contribution in [3.05, 3.63) is 18.1 Å². The molecule has 1 rings (SSSR count). The number of amides is 1. The number of hydrogen-bond acceptors (Lipinski definition) is 4. The average Bonchev–Trinajstić information content (AvgIpc) is 1.99. The first-order valence-electron chi connectivity index (χ1n) is 3.94. The molecule has 82 valence electrons. The molecule has 0 aliphatic rings. The lowest BCUT2D eigenvalue weighted by Gasteiger charge is -2.06. The third-order valence-corrected chi connectivity index (χ3v) is 2.51. The summed E-state index contributed by atoms with van der Waals surface area (Å²) in [6.07, 6.45) is 1.71. The van der Waals surface area contributed by atoms with Gasteiger partial charge in [0.05, 0.1) is 11.9 Å². The quantitative estimate of drug-likeness (QED) is 0.809. The van der Waals surface area contributed by atoms with Crippen molar-refractivity contribution in [3.63, 3.8) is 0 Å². The van der Waals surface area contributed by atoms with Crippen molar-refractivity contribution < 1.29 is 17.6 Å². The zero-order valence-corrected chi connectivity index (χ0v) is 8.93. The summed E-state index contributed by atoms with van der Waals surface area (Å²) >= 11 is 0. The largest absolute Gasteiger partial charge is 0.324 e. The van der Waals surface area contributed by atoms with Crippen LogP contribution in [-0.4, -0.2) is 25.6 Å². The molecular weight excluding hydrogens is 223 g/mol. The van der Waals surface area contributed by atoms with Gasteiger partial charge in [0.25, 0.3) is 0 Å². The third-order valence-electron chi connectivity index (χ3n) is 1.48.